The molecule has 0 amide bonds. The first-order valence-corrected chi connectivity index (χ1v) is 9.03. The Bertz CT molecular complexity index is 1130. The predicted molar refractivity (Wildman–Crippen MR) is 103 cm³/mol. The third-order valence-electron chi connectivity index (χ3n) is 4.94. The fourth-order valence-electron chi connectivity index (χ4n) is 3.67. The molecule has 1 heterocycles. The molecule has 0 saturated carbocycles. The minimum Gasteiger partial charge on any atom is -0.502 e. The maximum absolute atomic E-state index is 13.1. The number of hydrogen-bond acceptors (Lipinski definition) is 5. The van der Waals surface area contributed by atoms with Crippen molar-refractivity contribution in [1.82, 2.24) is 0 Å². The number of hydrogen-bond donors (Lipinski definition) is 1. The van der Waals surface area contributed by atoms with Crippen molar-refractivity contribution in [3.63, 3.8) is 0 Å². The Labute approximate surface area is 165 Å². The van der Waals surface area contributed by atoms with Crippen molar-refractivity contribution < 1.29 is 19.1 Å². The summed E-state index contributed by atoms with van der Waals surface area (Å²) < 4.78 is 5.66. The summed E-state index contributed by atoms with van der Waals surface area (Å²) in [7, 11) is 0. The average molecular weight is 395 g/mol. The summed E-state index contributed by atoms with van der Waals surface area (Å²) in [4.78, 5) is 38.3. The van der Waals surface area contributed by atoms with E-state index in [2.05, 4.69) is 0 Å². The van der Waals surface area contributed by atoms with E-state index in [1.165, 1.54) is 0 Å². The van der Waals surface area contributed by atoms with Crippen LogP contribution < -0.4 is 5.43 Å². The first-order chi connectivity index (χ1) is 13.4. The highest BCUT2D eigenvalue weighted by Gasteiger charge is 2.46. The van der Waals surface area contributed by atoms with E-state index in [1.54, 1.807) is 55.5 Å². The molecule has 0 spiro atoms. The van der Waals surface area contributed by atoms with Gasteiger partial charge in [0.25, 0.3) is 0 Å². The largest absolute Gasteiger partial charge is 0.502 e. The van der Waals surface area contributed by atoms with Crippen molar-refractivity contribution in [2.45, 2.75) is 12.8 Å². The van der Waals surface area contributed by atoms with Gasteiger partial charge in [-0.2, -0.15) is 0 Å². The Hall–Kier alpha value is -3.18. The van der Waals surface area contributed by atoms with Crippen molar-refractivity contribution >= 4 is 23.2 Å². The first-order valence-electron chi connectivity index (χ1n) is 8.65. The lowest BCUT2D eigenvalue weighted by molar-refractivity contribution is 0.0816. The lowest BCUT2D eigenvalue weighted by atomic mass is 9.80. The van der Waals surface area contributed by atoms with Crippen molar-refractivity contribution in [3.05, 3.63) is 98.1 Å². The van der Waals surface area contributed by atoms with Gasteiger partial charge < -0.3 is 9.52 Å². The van der Waals surface area contributed by atoms with Gasteiger partial charge in [0.05, 0.1) is 11.8 Å². The summed E-state index contributed by atoms with van der Waals surface area (Å²) in [5, 5.41) is 10.9. The Kier molecular flexibility index (Phi) is 4.40. The molecule has 1 aromatic heterocycles. The van der Waals surface area contributed by atoms with Crippen LogP contribution in [0.15, 0.2) is 63.8 Å². The lowest BCUT2D eigenvalue weighted by Gasteiger charge is -2.22. The van der Waals surface area contributed by atoms with Gasteiger partial charge >= 0.3 is 0 Å². The normalized spacial score (nSPS) is 14.9. The summed E-state index contributed by atoms with van der Waals surface area (Å²) in [6.07, 6.45) is 0. The van der Waals surface area contributed by atoms with Crippen LogP contribution in [0.5, 0.6) is 5.75 Å². The van der Waals surface area contributed by atoms with Gasteiger partial charge in [-0.15, -0.1) is 0 Å². The Morgan fingerprint density at radius 1 is 0.964 bits per heavy atom. The highest BCUT2D eigenvalue weighted by atomic mass is 35.5. The standard InChI is InChI=1S/C22H15ClO5/c1-11-10-16(24)21(27)22(28-11)17(12-6-8-13(23)9-7-12)18-19(25)14-4-2-3-5-15(14)20(18)26/h2-10,17-18,27H,1H3. The molecule has 5 nitrogen and oxygen atoms in total. The first kappa shape index (κ1) is 18.2. The van der Waals surface area contributed by atoms with Crippen LogP contribution in [0, 0.1) is 12.8 Å². The minimum absolute atomic E-state index is 0.105. The quantitative estimate of drug-likeness (QED) is 0.675. The molecule has 140 valence electrons. The van der Waals surface area contributed by atoms with Crippen LogP contribution in [-0.2, 0) is 0 Å². The van der Waals surface area contributed by atoms with Crippen molar-refractivity contribution in [2.24, 2.45) is 5.92 Å². The molecule has 6 heteroatoms. The zero-order valence-electron chi connectivity index (χ0n) is 14.8. The molecule has 1 aliphatic carbocycles. The monoisotopic (exact) mass is 394 g/mol. The average Bonchev–Trinajstić information content (AvgIpc) is 2.92. The molecule has 0 aliphatic heterocycles. The number of carbonyl (C=O) groups excluding carboxylic acids is 2. The number of rotatable bonds is 3. The summed E-state index contributed by atoms with van der Waals surface area (Å²) in [6, 6.07) is 14.3. The summed E-state index contributed by atoms with van der Waals surface area (Å²) in [5.41, 5.74) is 0.554. The maximum Gasteiger partial charge on any atom is 0.227 e. The molecule has 1 atom stereocenters. The number of aryl methyl sites for hydroxylation is 1. The SMILES string of the molecule is Cc1cc(=O)c(O)c(C(c2ccc(Cl)cc2)C2C(=O)c3ccccc3C2=O)o1. The molecule has 2 aromatic carbocycles. The third-order valence-corrected chi connectivity index (χ3v) is 5.19. The van der Waals surface area contributed by atoms with E-state index in [4.69, 9.17) is 16.0 Å². The molecule has 0 saturated heterocycles. The zero-order valence-corrected chi connectivity index (χ0v) is 15.6. The molecule has 1 aliphatic rings. The van der Waals surface area contributed by atoms with E-state index >= 15 is 0 Å². The highest BCUT2D eigenvalue weighted by molar-refractivity contribution is 6.30. The van der Waals surface area contributed by atoms with Gasteiger partial charge in [-0.3, -0.25) is 14.4 Å². The Morgan fingerprint density at radius 2 is 1.54 bits per heavy atom. The number of Topliss-reactive ketones (excluding diaryl/α,β-unsaturated/α-hetero) is 2. The minimum atomic E-state index is -1.14. The Morgan fingerprint density at radius 3 is 2.11 bits per heavy atom. The second-order valence-corrected chi connectivity index (χ2v) is 7.15. The van der Waals surface area contributed by atoms with E-state index in [1.807, 2.05) is 0 Å². The van der Waals surface area contributed by atoms with Crippen molar-refractivity contribution in [3.8, 4) is 5.75 Å². The molecule has 28 heavy (non-hydrogen) atoms. The fourth-order valence-corrected chi connectivity index (χ4v) is 3.80. The van der Waals surface area contributed by atoms with Gasteiger partial charge in [-0.05, 0) is 24.6 Å². The zero-order chi connectivity index (χ0) is 20.0. The van der Waals surface area contributed by atoms with Crippen LogP contribution in [-0.4, -0.2) is 16.7 Å². The summed E-state index contributed by atoms with van der Waals surface area (Å²) >= 11 is 5.98. The van der Waals surface area contributed by atoms with E-state index in [0.29, 0.717) is 21.7 Å². The van der Waals surface area contributed by atoms with Gasteiger partial charge in [0.15, 0.2) is 17.3 Å². The molecule has 1 N–H and O–H groups in total. The summed E-state index contributed by atoms with van der Waals surface area (Å²) in [5.74, 6) is -3.29. The molecule has 0 radical (unpaired) electrons. The van der Waals surface area contributed by atoms with E-state index < -0.39 is 23.0 Å². The van der Waals surface area contributed by atoms with E-state index in [9.17, 15) is 19.5 Å². The van der Waals surface area contributed by atoms with Crippen molar-refractivity contribution in [1.29, 1.82) is 0 Å². The molecule has 0 bridgehead atoms. The molecular formula is C22H15ClO5. The van der Waals surface area contributed by atoms with E-state index in [-0.39, 0.29) is 23.1 Å². The van der Waals surface area contributed by atoms with Gasteiger partial charge in [-0.25, -0.2) is 0 Å². The lowest BCUT2D eigenvalue weighted by Crippen LogP contribution is -2.26. The van der Waals surface area contributed by atoms with Gasteiger partial charge in [0.1, 0.15) is 5.76 Å². The molecule has 1 unspecified atom stereocenters. The highest BCUT2D eigenvalue weighted by Crippen LogP contribution is 2.43. The van der Waals surface area contributed by atoms with Crippen LogP contribution in [0.4, 0.5) is 0 Å². The maximum atomic E-state index is 13.1. The second-order valence-electron chi connectivity index (χ2n) is 6.72. The molecular weight excluding hydrogens is 380 g/mol. The number of fused-ring (bicyclic) bond motifs is 1. The Balaban J connectivity index is 1.96. The van der Waals surface area contributed by atoms with Crippen LogP contribution >= 0.6 is 11.6 Å². The smallest absolute Gasteiger partial charge is 0.227 e. The van der Waals surface area contributed by atoms with Crippen LogP contribution in [0.1, 0.15) is 43.7 Å². The summed E-state index contributed by atoms with van der Waals surface area (Å²) in [6.45, 7) is 1.57. The molecule has 3 aromatic rings. The van der Waals surface area contributed by atoms with Crippen molar-refractivity contribution in [2.75, 3.05) is 0 Å². The fraction of sp³-hybridized carbons (Fsp3) is 0.136. The van der Waals surface area contributed by atoms with Gasteiger partial charge in [0, 0.05) is 22.2 Å². The van der Waals surface area contributed by atoms with Crippen LogP contribution in [0.2, 0.25) is 5.02 Å². The third kappa shape index (κ3) is 2.84. The van der Waals surface area contributed by atoms with Gasteiger partial charge in [0.2, 0.25) is 11.2 Å². The molecule has 0 fully saturated rings. The number of halogens is 1. The van der Waals surface area contributed by atoms with Crippen LogP contribution in [0.3, 0.4) is 0 Å². The van der Waals surface area contributed by atoms with Crippen LogP contribution in [0.25, 0.3) is 0 Å². The topological polar surface area (TPSA) is 84.6 Å². The van der Waals surface area contributed by atoms with E-state index in [0.717, 1.165) is 6.07 Å². The number of aromatic hydroxyl groups is 1. The predicted octanol–water partition coefficient (Wildman–Crippen LogP) is 4.13. The van der Waals surface area contributed by atoms with Gasteiger partial charge in [-0.1, -0.05) is 48.0 Å². The molecule has 4 rings (SSSR count). The second kappa shape index (κ2) is 6.77. The number of benzene rings is 2. The number of ketones is 2. The number of carbonyl (C=O) groups is 2.